The van der Waals surface area contributed by atoms with Crippen molar-refractivity contribution in [3.05, 3.63) is 28.2 Å². The van der Waals surface area contributed by atoms with E-state index in [1.54, 1.807) is 13.0 Å². The maximum Gasteiger partial charge on any atom is 0.305 e. The van der Waals surface area contributed by atoms with Crippen LogP contribution < -0.4 is 10.1 Å². The average molecular weight is 370 g/mol. The van der Waals surface area contributed by atoms with E-state index >= 15 is 0 Å². The largest absolute Gasteiger partial charge is 0.481 e. The molecule has 120 valence electrons. The van der Waals surface area contributed by atoms with Crippen molar-refractivity contribution in [2.45, 2.75) is 51.2 Å². The van der Waals surface area contributed by atoms with E-state index in [9.17, 15) is 9.59 Å². The van der Waals surface area contributed by atoms with Crippen LogP contribution >= 0.6 is 15.9 Å². The number of nitrogens with one attached hydrogen (secondary N) is 1. The highest BCUT2D eigenvalue weighted by atomic mass is 79.9. The van der Waals surface area contributed by atoms with E-state index in [4.69, 9.17) is 9.84 Å². The Morgan fingerprint density at radius 1 is 1.45 bits per heavy atom. The van der Waals surface area contributed by atoms with Crippen molar-refractivity contribution in [2.24, 2.45) is 0 Å². The number of carboxylic acids is 1. The van der Waals surface area contributed by atoms with E-state index in [0.717, 1.165) is 16.5 Å². The van der Waals surface area contributed by atoms with Gasteiger partial charge in [-0.05, 0) is 66.7 Å². The number of ether oxygens (including phenoxy) is 1. The Morgan fingerprint density at radius 3 is 2.64 bits per heavy atom. The number of benzene rings is 1. The number of aliphatic carboxylic acids is 1. The smallest absolute Gasteiger partial charge is 0.305 e. The van der Waals surface area contributed by atoms with Gasteiger partial charge in [0, 0.05) is 0 Å². The topological polar surface area (TPSA) is 75.6 Å². The average Bonchev–Trinajstić information content (AvgIpc) is 2.38. The Labute approximate surface area is 138 Å². The Balaban J connectivity index is 1.98. The summed E-state index contributed by atoms with van der Waals surface area (Å²) < 4.78 is 6.46. The molecule has 1 aliphatic carbocycles. The summed E-state index contributed by atoms with van der Waals surface area (Å²) >= 11 is 3.41. The molecule has 0 saturated heterocycles. The molecular formula is C16H20BrNO4. The summed E-state index contributed by atoms with van der Waals surface area (Å²) in [5.74, 6) is -0.586. The van der Waals surface area contributed by atoms with Gasteiger partial charge < -0.3 is 15.2 Å². The van der Waals surface area contributed by atoms with Gasteiger partial charge in [0.25, 0.3) is 5.91 Å². The normalized spacial score (nSPS) is 17.2. The first-order chi connectivity index (χ1) is 10.3. The van der Waals surface area contributed by atoms with Gasteiger partial charge in [-0.3, -0.25) is 9.59 Å². The lowest BCUT2D eigenvalue weighted by Crippen LogP contribution is -2.57. The molecule has 5 nitrogen and oxygen atoms in total. The summed E-state index contributed by atoms with van der Waals surface area (Å²) in [4.78, 5) is 23.2. The van der Waals surface area contributed by atoms with Crippen molar-refractivity contribution in [3.63, 3.8) is 0 Å². The molecule has 6 heteroatoms. The van der Waals surface area contributed by atoms with Gasteiger partial charge in [0.15, 0.2) is 6.10 Å². The maximum atomic E-state index is 12.3. The monoisotopic (exact) mass is 369 g/mol. The van der Waals surface area contributed by atoms with Crippen LogP contribution in [0.4, 0.5) is 0 Å². The lowest BCUT2D eigenvalue weighted by molar-refractivity contribution is -0.141. The summed E-state index contributed by atoms with van der Waals surface area (Å²) in [7, 11) is 0. The predicted octanol–water partition coefficient (Wildman–Crippen LogP) is 3.04. The second-order valence-electron chi connectivity index (χ2n) is 5.89. The molecule has 1 saturated carbocycles. The van der Waals surface area contributed by atoms with Crippen molar-refractivity contribution in [3.8, 4) is 5.75 Å². The van der Waals surface area contributed by atoms with Gasteiger partial charge in [-0.25, -0.2) is 0 Å². The maximum absolute atomic E-state index is 12.3. The predicted molar refractivity (Wildman–Crippen MR) is 85.9 cm³/mol. The molecule has 2 rings (SSSR count). The minimum atomic E-state index is -0.894. The van der Waals surface area contributed by atoms with Crippen LogP contribution in [0.15, 0.2) is 22.7 Å². The van der Waals surface area contributed by atoms with Gasteiger partial charge in [0.05, 0.1) is 16.4 Å². The summed E-state index contributed by atoms with van der Waals surface area (Å²) in [6.45, 7) is 3.63. The van der Waals surface area contributed by atoms with Crippen LogP contribution in [0.1, 0.15) is 38.2 Å². The number of amides is 1. The highest BCUT2D eigenvalue weighted by Gasteiger charge is 2.41. The van der Waals surface area contributed by atoms with Crippen LogP contribution in [0, 0.1) is 6.92 Å². The molecule has 1 unspecified atom stereocenters. The fourth-order valence-electron chi connectivity index (χ4n) is 2.55. The van der Waals surface area contributed by atoms with Crippen LogP contribution in [0.5, 0.6) is 5.75 Å². The second-order valence-corrected chi connectivity index (χ2v) is 6.74. The summed E-state index contributed by atoms with van der Waals surface area (Å²) in [5, 5.41) is 11.8. The van der Waals surface area contributed by atoms with E-state index in [2.05, 4.69) is 21.2 Å². The molecule has 1 atom stereocenters. The van der Waals surface area contributed by atoms with Crippen molar-refractivity contribution >= 4 is 27.8 Å². The first-order valence-corrected chi connectivity index (χ1v) is 8.07. The van der Waals surface area contributed by atoms with Gasteiger partial charge >= 0.3 is 5.97 Å². The van der Waals surface area contributed by atoms with Crippen LogP contribution in [0.25, 0.3) is 0 Å². The van der Waals surface area contributed by atoms with Crippen molar-refractivity contribution in [1.82, 2.24) is 5.32 Å². The molecule has 1 fully saturated rings. The Hall–Kier alpha value is -1.56. The molecule has 0 aromatic heterocycles. The van der Waals surface area contributed by atoms with E-state index in [1.807, 2.05) is 19.1 Å². The Kier molecular flexibility index (Phi) is 5.11. The zero-order chi connectivity index (χ0) is 16.3. The minimum absolute atomic E-state index is 0.0420. The highest BCUT2D eigenvalue weighted by molar-refractivity contribution is 9.10. The Bertz CT molecular complexity index is 584. The third-order valence-corrected chi connectivity index (χ3v) is 4.57. The SMILES string of the molecule is Cc1ccc(OC(C)C(=O)NC2(CC(=O)O)CCC2)c(Br)c1. The van der Waals surface area contributed by atoms with Gasteiger partial charge in [-0.1, -0.05) is 6.07 Å². The van der Waals surface area contributed by atoms with Crippen molar-refractivity contribution in [1.29, 1.82) is 0 Å². The number of rotatable bonds is 6. The quantitative estimate of drug-likeness (QED) is 0.807. The molecule has 1 aromatic rings. The van der Waals surface area contributed by atoms with Crippen molar-refractivity contribution < 1.29 is 19.4 Å². The van der Waals surface area contributed by atoms with Crippen molar-refractivity contribution in [2.75, 3.05) is 0 Å². The molecular weight excluding hydrogens is 350 g/mol. The van der Waals surface area contributed by atoms with E-state index in [1.165, 1.54) is 0 Å². The number of carbonyl (C=O) groups excluding carboxylic acids is 1. The minimum Gasteiger partial charge on any atom is -0.481 e. The third-order valence-electron chi connectivity index (χ3n) is 3.95. The fourth-order valence-corrected chi connectivity index (χ4v) is 3.13. The molecule has 1 amide bonds. The molecule has 0 aliphatic heterocycles. The van der Waals surface area contributed by atoms with E-state index in [-0.39, 0.29) is 12.3 Å². The number of hydrogen-bond acceptors (Lipinski definition) is 3. The molecule has 1 aromatic carbocycles. The third kappa shape index (κ3) is 4.00. The Morgan fingerprint density at radius 2 is 2.14 bits per heavy atom. The number of carboxylic acid groups (broad SMARTS) is 1. The molecule has 0 bridgehead atoms. The lowest BCUT2D eigenvalue weighted by atomic mass is 9.74. The number of aryl methyl sites for hydroxylation is 1. The number of hydrogen-bond donors (Lipinski definition) is 2. The van der Waals surface area contributed by atoms with Crippen LogP contribution in [-0.4, -0.2) is 28.6 Å². The zero-order valence-corrected chi connectivity index (χ0v) is 14.3. The number of halogens is 1. The molecule has 2 N–H and O–H groups in total. The zero-order valence-electron chi connectivity index (χ0n) is 12.7. The van der Waals surface area contributed by atoms with Gasteiger partial charge in [0.2, 0.25) is 0 Å². The van der Waals surface area contributed by atoms with Gasteiger partial charge in [-0.15, -0.1) is 0 Å². The molecule has 0 spiro atoms. The standard InChI is InChI=1S/C16H20BrNO4/c1-10-4-5-13(12(17)8-10)22-11(2)15(21)18-16(6-3-7-16)9-14(19)20/h4-5,8,11H,3,6-7,9H2,1-2H3,(H,18,21)(H,19,20). The fraction of sp³-hybridized carbons (Fsp3) is 0.500. The summed E-state index contributed by atoms with van der Waals surface area (Å²) in [5.41, 5.74) is 0.483. The second kappa shape index (κ2) is 6.69. The van der Waals surface area contributed by atoms with Gasteiger partial charge in [-0.2, -0.15) is 0 Å². The summed E-state index contributed by atoms with van der Waals surface area (Å²) in [6.07, 6.45) is 1.61. The summed E-state index contributed by atoms with van der Waals surface area (Å²) in [6, 6.07) is 5.62. The molecule has 0 heterocycles. The van der Waals surface area contributed by atoms with E-state index in [0.29, 0.717) is 18.6 Å². The first-order valence-electron chi connectivity index (χ1n) is 7.28. The number of carbonyl (C=O) groups is 2. The van der Waals surface area contributed by atoms with Gasteiger partial charge in [0.1, 0.15) is 5.75 Å². The molecule has 1 aliphatic rings. The molecule has 0 radical (unpaired) electrons. The first kappa shape index (κ1) is 16.8. The molecule has 22 heavy (non-hydrogen) atoms. The van der Waals surface area contributed by atoms with Crippen LogP contribution in [-0.2, 0) is 9.59 Å². The highest BCUT2D eigenvalue weighted by Crippen LogP contribution is 2.35. The van der Waals surface area contributed by atoms with E-state index < -0.39 is 17.6 Å². The lowest BCUT2D eigenvalue weighted by Gasteiger charge is -2.42. The van der Waals surface area contributed by atoms with Crippen LogP contribution in [0.2, 0.25) is 0 Å². The van der Waals surface area contributed by atoms with Crippen LogP contribution in [0.3, 0.4) is 0 Å².